The van der Waals surface area contributed by atoms with Gasteiger partial charge in [0.2, 0.25) is 0 Å². The number of alkyl halides is 9. The Morgan fingerprint density at radius 2 is 1.34 bits per heavy atom. The standard InChI is InChI=1S/C20H16F9NO2/c1-3-11-9-12(4-2)16(13-5-7-14(8-6-13)30(31)32)15(10-11)17(21,19(24,25)26)18(22,23)20(27,28)29/h5-10H,3-4H2,1-2H3. The molecular formula is C20H16F9NO2. The first-order chi connectivity index (χ1) is 14.5. The number of nitrogens with zero attached hydrogens (tertiary/aromatic N) is 1. The van der Waals surface area contributed by atoms with Gasteiger partial charge in [-0.2, -0.15) is 35.1 Å². The van der Waals surface area contributed by atoms with Crippen molar-refractivity contribution in [1.82, 2.24) is 0 Å². The Kier molecular flexibility index (Phi) is 6.59. The van der Waals surface area contributed by atoms with Gasteiger partial charge in [0.05, 0.1) is 4.92 Å². The lowest BCUT2D eigenvalue weighted by Crippen LogP contribution is -2.60. The lowest BCUT2D eigenvalue weighted by molar-refractivity contribution is -0.389. The van der Waals surface area contributed by atoms with Gasteiger partial charge in [-0.25, -0.2) is 4.39 Å². The highest BCUT2D eigenvalue weighted by Crippen LogP contribution is 2.60. The highest BCUT2D eigenvalue weighted by atomic mass is 19.4. The van der Waals surface area contributed by atoms with E-state index in [0.29, 0.717) is 6.07 Å². The quantitative estimate of drug-likeness (QED) is 0.251. The summed E-state index contributed by atoms with van der Waals surface area (Å²) in [4.78, 5) is 9.98. The lowest BCUT2D eigenvalue weighted by Gasteiger charge is -2.38. The largest absolute Gasteiger partial charge is 0.457 e. The molecule has 0 bridgehead atoms. The molecule has 0 radical (unpaired) electrons. The monoisotopic (exact) mass is 473 g/mol. The average molecular weight is 473 g/mol. The average Bonchev–Trinajstić information content (AvgIpc) is 2.70. The molecule has 0 saturated carbocycles. The van der Waals surface area contributed by atoms with Crippen LogP contribution in [0.3, 0.4) is 0 Å². The normalized spacial score (nSPS) is 14.8. The van der Waals surface area contributed by atoms with Crippen LogP contribution in [0.1, 0.15) is 30.5 Å². The van der Waals surface area contributed by atoms with E-state index >= 15 is 4.39 Å². The molecule has 1 atom stereocenters. The minimum absolute atomic E-state index is 0.0773. The van der Waals surface area contributed by atoms with E-state index in [2.05, 4.69) is 0 Å². The molecule has 3 nitrogen and oxygen atoms in total. The van der Waals surface area contributed by atoms with Gasteiger partial charge in [0, 0.05) is 17.7 Å². The van der Waals surface area contributed by atoms with Crippen LogP contribution in [0.25, 0.3) is 11.1 Å². The Morgan fingerprint density at radius 3 is 1.72 bits per heavy atom. The highest BCUT2D eigenvalue weighted by Gasteiger charge is 2.82. The van der Waals surface area contributed by atoms with Crippen LogP contribution in [-0.4, -0.2) is 23.2 Å². The number of nitro groups is 1. The number of non-ortho nitro benzene ring substituents is 1. The van der Waals surface area contributed by atoms with Crippen molar-refractivity contribution in [2.75, 3.05) is 0 Å². The van der Waals surface area contributed by atoms with Crippen LogP contribution in [0.4, 0.5) is 45.2 Å². The van der Waals surface area contributed by atoms with E-state index in [9.17, 15) is 45.2 Å². The molecule has 1 unspecified atom stereocenters. The Balaban J connectivity index is 3.04. The van der Waals surface area contributed by atoms with Gasteiger partial charge in [-0.3, -0.25) is 10.1 Å². The summed E-state index contributed by atoms with van der Waals surface area (Å²) in [5.41, 5.74) is -9.97. The molecule has 2 aromatic carbocycles. The Morgan fingerprint density at radius 1 is 0.812 bits per heavy atom. The Hall–Kier alpha value is -2.79. The predicted octanol–water partition coefficient (Wildman–Crippen LogP) is 7.31. The summed E-state index contributed by atoms with van der Waals surface area (Å²) in [6, 6.07) is 4.98. The fourth-order valence-electron chi connectivity index (χ4n) is 3.31. The molecule has 176 valence electrons. The van der Waals surface area contributed by atoms with Gasteiger partial charge >= 0.3 is 23.9 Å². The van der Waals surface area contributed by atoms with Gasteiger partial charge in [0.15, 0.2) is 0 Å². The molecule has 2 rings (SSSR count). The van der Waals surface area contributed by atoms with Crippen molar-refractivity contribution in [1.29, 1.82) is 0 Å². The van der Waals surface area contributed by atoms with Crippen molar-refractivity contribution < 1.29 is 44.4 Å². The summed E-state index contributed by atoms with van der Waals surface area (Å²) in [5, 5.41) is 10.8. The van der Waals surface area contributed by atoms with Crippen LogP contribution in [0, 0.1) is 10.1 Å². The maximum absolute atomic E-state index is 15.4. The third-order valence-corrected chi connectivity index (χ3v) is 4.99. The molecule has 0 spiro atoms. The molecule has 0 fully saturated rings. The summed E-state index contributed by atoms with van der Waals surface area (Å²) in [6.45, 7) is 2.79. The molecule has 0 saturated heterocycles. The van der Waals surface area contributed by atoms with Crippen molar-refractivity contribution >= 4 is 5.69 Å². The molecule has 0 N–H and O–H groups in total. The van der Waals surface area contributed by atoms with E-state index in [1.807, 2.05) is 0 Å². The first kappa shape index (κ1) is 25.5. The summed E-state index contributed by atoms with van der Waals surface area (Å²) >= 11 is 0. The second-order valence-electron chi connectivity index (χ2n) is 6.92. The SMILES string of the molecule is CCc1cc(CC)c(-c2ccc([N+](=O)[O-])cc2)c(C(F)(C(F)(F)F)C(F)(F)C(F)(F)F)c1. The number of aryl methyl sites for hydroxylation is 2. The molecule has 0 aliphatic rings. The number of hydrogen-bond acceptors (Lipinski definition) is 2. The zero-order valence-electron chi connectivity index (χ0n) is 16.5. The number of rotatable bonds is 6. The fourth-order valence-corrected chi connectivity index (χ4v) is 3.31. The minimum Gasteiger partial charge on any atom is -0.258 e. The van der Waals surface area contributed by atoms with Gasteiger partial charge in [0.1, 0.15) is 0 Å². The van der Waals surface area contributed by atoms with Crippen molar-refractivity contribution in [3.8, 4) is 11.1 Å². The van der Waals surface area contributed by atoms with E-state index in [1.54, 1.807) is 0 Å². The molecule has 32 heavy (non-hydrogen) atoms. The van der Waals surface area contributed by atoms with Crippen molar-refractivity contribution in [3.05, 3.63) is 63.2 Å². The molecule has 12 heteroatoms. The van der Waals surface area contributed by atoms with Crippen LogP contribution < -0.4 is 0 Å². The second kappa shape index (κ2) is 8.28. The summed E-state index contributed by atoms with van der Waals surface area (Å²) in [5.74, 6) is -6.83. The van der Waals surface area contributed by atoms with Gasteiger partial charge in [-0.05, 0) is 47.2 Å². The maximum atomic E-state index is 15.4. The van der Waals surface area contributed by atoms with Crippen molar-refractivity contribution in [3.63, 3.8) is 0 Å². The zero-order chi connectivity index (χ0) is 24.7. The Labute approximate surface area is 176 Å². The van der Waals surface area contributed by atoms with E-state index in [0.717, 1.165) is 24.3 Å². The van der Waals surface area contributed by atoms with Crippen LogP contribution in [-0.2, 0) is 18.5 Å². The van der Waals surface area contributed by atoms with Crippen molar-refractivity contribution in [2.45, 2.75) is 50.6 Å². The molecular weight excluding hydrogens is 457 g/mol. The molecule has 0 aliphatic carbocycles. The fraction of sp³-hybridized carbons (Fsp3) is 0.400. The van der Waals surface area contributed by atoms with Crippen LogP contribution in [0.15, 0.2) is 36.4 Å². The molecule has 0 heterocycles. The zero-order valence-corrected chi connectivity index (χ0v) is 16.5. The van der Waals surface area contributed by atoms with E-state index in [-0.39, 0.29) is 29.5 Å². The maximum Gasteiger partial charge on any atom is 0.457 e. The molecule has 0 aliphatic heterocycles. The number of halogens is 9. The molecule has 0 aromatic heterocycles. The van der Waals surface area contributed by atoms with E-state index in [4.69, 9.17) is 0 Å². The number of hydrogen-bond donors (Lipinski definition) is 0. The van der Waals surface area contributed by atoms with Crippen LogP contribution in [0.2, 0.25) is 0 Å². The van der Waals surface area contributed by atoms with Gasteiger partial charge in [-0.1, -0.05) is 26.0 Å². The summed E-state index contributed by atoms with van der Waals surface area (Å²) < 4.78 is 124. The Bertz CT molecular complexity index is 998. The molecule has 2 aromatic rings. The second-order valence-corrected chi connectivity index (χ2v) is 6.92. The third-order valence-electron chi connectivity index (χ3n) is 4.99. The number of nitro benzene ring substituents is 1. The first-order valence-electron chi connectivity index (χ1n) is 9.14. The third kappa shape index (κ3) is 4.02. The topological polar surface area (TPSA) is 43.1 Å². The van der Waals surface area contributed by atoms with Crippen LogP contribution in [0.5, 0.6) is 0 Å². The van der Waals surface area contributed by atoms with Crippen molar-refractivity contribution in [2.24, 2.45) is 0 Å². The smallest absolute Gasteiger partial charge is 0.258 e. The van der Waals surface area contributed by atoms with E-state index in [1.165, 1.54) is 19.9 Å². The predicted molar refractivity (Wildman–Crippen MR) is 97.1 cm³/mol. The lowest BCUT2D eigenvalue weighted by atomic mass is 9.79. The highest BCUT2D eigenvalue weighted by molar-refractivity contribution is 5.74. The first-order valence-corrected chi connectivity index (χ1v) is 9.14. The van der Waals surface area contributed by atoms with Gasteiger partial charge in [-0.15, -0.1) is 0 Å². The van der Waals surface area contributed by atoms with Crippen LogP contribution >= 0.6 is 0 Å². The summed E-state index contributed by atoms with van der Waals surface area (Å²) in [6.07, 6.45) is -13.7. The minimum atomic E-state index is -6.86. The molecule has 0 amide bonds. The van der Waals surface area contributed by atoms with Gasteiger partial charge < -0.3 is 0 Å². The van der Waals surface area contributed by atoms with E-state index < -0.39 is 45.7 Å². The summed E-state index contributed by atoms with van der Waals surface area (Å²) in [7, 11) is 0. The number of benzene rings is 2. The van der Waals surface area contributed by atoms with Gasteiger partial charge in [0.25, 0.3) is 5.69 Å².